The van der Waals surface area contributed by atoms with E-state index in [-0.39, 0.29) is 12.5 Å². The van der Waals surface area contributed by atoms with E-state index < -0.39 is 37.4 Å². The summed E-state index contributed by atoms with van der Waals surface area (Å²) in [4.78, 5) is 9.12. The molecule has 0 aliphatic carbocycles. The molecule has 0 saturated carbocycles. The van der Waals surface area contributed by atoms with Gasteiger partial charge in [-0.25, -0.2) is 13.1 Å². The van der Waals surface area contributed by atoms with Crippen LogP contribution in [0, 0.1) is 21.8 Å². The number of nitrogens with one attached hydrogen (secondary N) is 1. The standard InChI is InChI=1S/C11H15FN2O5S/c1-7(6-15)8(2)13-20(18,19)9-3-4-11(14(16)17)10(12)5-9/h3-5,7-8,13,15H,6H2,1-2H3. The number of sulfonamides is 1. The van der Waals surface area contributed by atoms with E-state index in [2.05, 4.69) is 4.72 Å². The molecule has 20 heavy (non-hydrogen) atoms. The number of hydrogen-bond acceptors (Lipinski definition) is 5. The third-order valence-corrected chi connectivity index (χ3v) is 4.47. The zero-order valence-electron chi connectivity index (χ0n) is 10.9. The summed E-state index contributed by atoms with van der Waals surface area (Å²) >= 11 is 0. The minimum absolute atomic E-state index is 0.210. The molecule has 0 spiro atoms. The topological polar surface area (TPSA) is 110 Å². The number of nitro groups is 1. The van der Waals surface area contributed by atoms with Crippen molar-refractivity contribution in [1.82, 2.24) is 4.72 Å². The van der Waals surface area contributed by atoms with Gasteiger partial charge in [0.25, 0.3) is 0 Å². The molecule has 0 amide bonds. The number of nitrogens with zero attached hydrogens (tertiary/aromatic N) is 1. The van der Waals surface area contributed by atoms with Crippen LogP contribution in [0.4, 0.5) is 10.1 Å². The zero-order valence-corrected chi connectivity index (χ0v) is 11.7. The fourth-order valence-corrected chi connectivity index (χ4v) is 2.75. The van der Waals surface area contributed by atoms with Crippen LogP contribution < -0.4 is 4.72 Å². The lowest BCUT2D eigenvalue weighted by Gasteiger charge is -2.19. The van der Waals surface area contributed by atoms with Crippen LogP contribution in [0.1, 0.15) is 13.8 Å². The van der Waals surface area contributed by atoms with E-state index in [0.717, 1.165) is 12.1 Å². The summed E-state index contributed by atoms with van der Waals surface area (Å²) in [6.07, 6.45) is 0. The minimum Gasteiger partial charge on any atom is -0.396 e. The van der Waals surface area contributed by atoms with Crippen LogP contribution in [-0.4, -0.2) is 31.1 Å². The lowest BCUT2D eigenvalue weighted by atomic mass is 10.1. The maximum atomic E-state index is 13.4. The van der Waals surface area contributed by atoms with Gasteiger partial charge in [0.15, 0.2) is 0 Å². The maximum Gasteiger partial charge on any atom is 0.304 e. The fraction of sp³-hybridized carbons (Fsp3) is 0.455. The Balaban J connectivity index is 3.05. The molecule has 1 aromatic carbocycles. The Hall–Kier alpha value is -1.58. The highest BCUT2D eigenvalue weighted by atomic mass is 32.2. The summed E-state index contributed by atoms with van der Waals surface area (Å²) in [7, 11) is -4.00. The number of aliphatic hydroxyl groups is 1. The minimum atomic E-state index is -4.00. The second-order valence-corrected chi connectivity index (χ2v) is 6.15. The van der Waals surface area contributed by atoms with E-state index >= 15 is 0 Å². The van der Waals surface area contributed by atoms with Gasteiger partial charge >= 0.3 is 5.69 Å². The third kappa shape index (κ3) is 3.71. The van der Waals surface area contributed by atoms with Crippen molar-refractivity contribution in [2.24, 2.45) is 5.92 Å². The van der Waals surface area contributed by atoms with E-state index in [1.807, 2.05) is 0 Å². The zero-order chi connectivity index (χ0) is 15.5. The van der Waals surface area contributed by atoms with Gasteiger partial charge in [0.1, 0.15) is 0 Å². The van der Waals surface area contributed by atoms with Crippen molar-refractivity contribution in [1.29, 1.82) is 0 Å². The molecule has 0 heterocycles. The van der Waals surface area contributed by atoms with Crippen molar-refractivity contribution in [3.05, 3.63) is 34.1 Å². The molecule has 2 atom stereocenters. The molecule has 2 unspecified atom stereocenters. The van der Waals surface area contributed by atoms with Gasteiger partial charge in [0.05, 0.1) is 9.82 Å². The predicted molar refractivity (Wildman–Crippen MR) is 69.1 cm³/mol. The fourth-order valence-electron chi connectivity index (χ4n) is 1.39. The van der Waals surface area contributed by atoms with E-state index in [9.17, 15) is 22.9 Å². The molecule has 0 radical (unpaired) electrons. The Labute approximate surface area is 115 Å². The molecule has 1 aromatic rings. The Morgan fingerprint density at radius 3 is 2.50 bits per heavy atom. The lowest BCUT2D eigenvalue weighted by molar-refractivity contribution is -0.387. The van der Waals surface area contributed by atoms with Crippen LogP contribution >= 0.6 is 0 Å². The average Bonchev–Trinajstić information content (AvgIpc) is 2.36. The molecule has 0 bridgehead atoms. The van der Waals surface area contributed by atoms with Crippen LogP contribution in [0.15, 0.2) is 23.1 Å². The lowest BCUT2D eigenvalue weighted by Crippen LogP contribution is -2.38. The second-order valence-electron chi connectivity index (χ2n) is 4.44. The molecule has 1 rings (SSSR count). The molecule has 9 heteroatoms. The first-order valence-corrected chi connectivity index (χ1v) is 7.24. The largest absolute Gasteiger partial charge is 0.396 e. The summed E-state index contributed by atoms with van der Waals surface area (Å²) in [5, 5.41) is 19.4. The van der Waals surface area contributed by atoms with Gasteiger partial charge in [0.2, 0.25) is 15.8 Å². The van der Waals surface area contributed by atoms with Crippen molar-refractivity contribution >= 4 is 15.7 Å². The Kier molecular flexibility index (Phi) is 5.15. The number of hydrogen-bond donors (Lipinski definition) is 2. The maximum absolute atomic E-state index is 13.4. The van der Waals surface area contributed by atoms with E-state index in [1.54, 1.807) is 13.8 Å². The number of aliphatic hydroxyl groups excluding tert-OH is 1. The summed E-state index contributed by atoms with van der Waals surface area (Å²) in [6.45, 7) is 2.99. The number of rotatable bonds is 6. The second kappa shape index (κ2) is 6.25. The first-order chi connectivity index (χ1) is 9.19. The van der Waals surface area contributed by atoms with Crippen molar-refractivity contribution in [2.45, 2.75) is 24.8 Å². The molecule has 0 aliphatic heterocycles. The quantitative estimate of drug-likeness (QED) is 0.602. The molecule has 0 aromatic heterocycles. The number of benzene rings is 1. The molecule has 0 fully saturated rings. The molecule has 0 aliphatic rings. The Morgan fingerprint density at radius 1 is 1.45 bits per heavy atom. The van der Waals surface area contributed by atoms with Crippen LogP contribution in [-0.2, 0) is 10.0 Å². The normalized spacial score (nSPS) is 14.8. The SMILES string of the molecule is CC(CO)C(C)NS(=O)(=O)c1ccc([N+](=O)[O-])c(F)c1. The summed E-state index contributed by atoms with van der Waals surface area (Å²) in [5.41, 5.74) is -0.791. The van der Waals surface area contributed by atoms with Gasteiger partial charge in [0, 0.05) is 24.8 Å². The molecule has 112 valence electrons. The smallest absolute Gasteiger partial charge is 0.304 e. The van der Waals surface area contributed by atoms with Crippen LogP contribution in [0.2, 0.25) is 0 Å². The average molecular weight is 306 g/mol. The molecular weight excluding hydrogens is 291 g/mol. The Morgan fingerprint density at radius 2 is 2.05 bits per heavy atom. The monoisotopic (exact) mass is 306 g/mol. The molecule has 0 saturated heterocycles. The third-order valence-electron chi connectivity index (χ3n) is 2.91. The van der Waals surface area contributed by atoms with E-state index in [1.165, 1.54) is 0 Å². The number of halogens is 1. The summed E-state index contributed by atoms with van der Waals surface area (Å²) in [5.74, 6) is -1.55. The highest BCUT2D eigenvalue weighted by molar-refractivity contribution is 7.89. The van der Waals surface area contributed by atoms with Crippen molar-refractivity contribution in [3.63, 3.8) is 0 Å². The predicted octanol–water partition coefficient (Wildman–Crippen LogP) is 1.03. The van der Waals surface area contributed by atoms with Gasteiger partial charge < -0.3 is 5.11 Å². The van der Waals surface area contributed by atoms with Gasteiger partial charge in [-0.05, 0) is 18.9 Å². The van der Waals surface area contributed by atoms with Crippen molar-refractivity contribution < 1.29 is 22.8 Å². The summed E-state index contributed by atoms with van der Waals surface area (Å²) in [6, 6.07) is 1.78. The van der Waals surface area contributed by atoms with Crippen LogP contribution in [0.3, 0.4) is 0 Å². The Bertz CT molecular complexity index is 605. The first kappa shape index (κ1) is 16.5. The van der Waals surface area contributed by atoms with Crippen molar-refractivity contribution in [2.75, 3.05) is 6.61 Å². The summed E-state index contributed by atoms with van der Waals surface area (Å²) < 4.78 is 39.6. The van der Waals surface area contributed by atoms with E-state index in [0.29, 0.717) is 6.07 Å². The molecule has 7 nitrogen and oxygen atoms in total. The first-order valence-electron chi connectivity index (χ1n) is 5.76. The van der Waals surface area contributed by atoms with Crippen molar-refractivity contribution in [3.8, 4) is 0 Å². The van der Waals surface area contributed by atoms with Gasteiger partial charge in [-0.3, -0.25) is 10.1 Å². The van der Waals surface area contributed by atoms with E-state index in [4.69, 9.17) is 5.11 Å². The molecular formula is C11H15FN2O5S. The van der Waals surface area contributed by atoms with Crippen LogP contribution in [0.25, 0.3) is 0 Å². The van der Waals surface area contributed by atoms with Gasteiger partial charge in [-0.1, -0.05) is 6.92 Å². The van der Waals surface area contributed by atoms with Gasteiger partial charge in [-0.15, -0.1) is 0 Å². The van der Waals surface area contributed by atoms with Crippen LogP contribution in [0.5, 0.6) is 0 Å². The molecule has 2 N–H and O–H groups in total. The van der Waals surface area contributed by atoms with Gasteiger partial charge in [-0.2, -0.15) is 4.39 Å². The number of nitro benzene ring substituents is 1. The highest BCUT2D eigenvalue weighted by Gasteiger charge is 2.23. The highest BCUT2D eigenvalue weighted by Crippen LogP contribution is 2.21.